The molecule has 3 fully saturated rings. The van der Waals surface area contributed by atoms with Gasteiger partial charge in [-0.2, -0.15) is 5.10 Å². The lowest BCUT2D eigenvalue weighted by Gasteiger charge is -2.36. The predicted octanol–water partition coefficient (Wildman–Crippen LogP) is 3.39. The lowest BCUT2D eigenvalue weighted by Crippen LogP contribution is -2.61. The van der Waals surface area contributed by atoms with E-state index in [1.165, 1.54) is 20.6 Å². The molecule has 5 atom stereocenters. The summed E-state index contributed by atoms with van der Waals surface area (Å²) in [7, 11) is -0.413. The first-order valence-electron chi connectivity index (χ1n) is 19.2. The maximum atomic E-state index is 14.8. The second kappa shape index (κ2) is 15.0. The Morgan fingerprint density at radius 2 is 1.84 bits per heavy atom. The molecule has 1 saturated heterocycles. The summed E-state index contributed by atoms with van der Waals surface area (Å²) in [5.74, 6) is -2.67. The third-order valence-electron chi connectivity index (χ3n) is 11.5. The fourth-order valence-corrected chi connectivity index (χ4v) is 9.95. The van der Waals surface area contributed by atoms with Crippen LogP contribution in [0.15, 0.2) is 65.4 Å². The third-order valence-corrected chi connectivity index (χ3v) is 14.2. The van der Waals surface area contributed by atoms with Gasteiger partial charge in [0, 0.05) is 50.8 Å². The van der Waals surface area contributed by atoms with Crippen molar-refractivity contribution in [1.82, 2.24) is 34.9 Å². The van der Waals surface area contributed by atoms with Gasteiger partial charge in [0.05, 0.1) is 28.7 Å². The second-order valence-electron chi connectivity index (χ2n) is 16.7. The minimum absolute atomic E-state index is 0.0471. The second-order valence-corrected chi connectivity index (χ2v) is 19.6. The average Bonchev–Trinajstić information content (AvgIpc) is 4.04. The zero-order chi connectivity index (χ0) is 41.0. The standard InChI is InChI=1S/C40H50N8O7S2/c1-7-26-21-40(26,37(52)44-57(54,55)28-13-14-28)43-34(49)29-20-27-23-47(29)36(51)33(39(2,3)4)42-38(53)46(6)17-10-8-9-16-45(5)30-22-41-48(27)35(50)32(30)25-12-11-24-15-18-56-31(24)19-25/h7-8,10-12,15,18-19,22,26-29,33H,1,9,13-14,16-17,20-21,23H2,2-6H3,(H,42,53)(H,43,49)(H,44,52)/b10-8+/t26?,27-,29+,33-,40?/m1/s1. The Morgan fingerprint density at radius 1 is 1.09 bits per heavy atom. The van der Waals surface area contributed by atoms with Crippen LogP contribution in [0.5, 0.6) is 0 Å². The fraction of sp³-hybridized carbons (Fsp3) is 0.500. The van der Waals surface area contributed by atoms with Crippen molar-refractivity contribution in [3.8, 4) is 11.1 Å². The van der Waals surface area contributed by atoms with Gasteiger partial charge >= 0.3 is 6.03 Å². The summed E-state index contributed by atoms with van der Waals surface area (Å²) in [4.78, 5) is 76.0. The number of hydrogen-bond donors (Lipinski definition) is 3. The number of fused-ring (bicyclic) bond motifs is 12. The van der Waals surface area contributed by atoms with Gasteiger partial charge in [0.2, 0.25) is 21.8 Å². The number of amides is 5. The third kappa shape index (κ3) is 7.83. The zero-order valence-corrected chi connectivity index (χ0v) is 34.5. The molecule has 15 nitrogen and oxygen atoms in total. The van der Waals surface area contributed by atoms with E-state index in [1.807, 2.05) is 53.7 Å². The summed E-state index contributed by atoms with van der Waals surface area (Å²) in [6.07, 6.45) is 8.55. The van der Waals surface area contributed by atoms with Crippen molar-refractivity contribution < 1.29 is 27.6 Å². The Balaban J connectivity index is 1.31. The number of sulfonamides is 1. The van der Waals surface area contributed by atoms with Crippen LogP contribution in [0.3, 0.4) is 0 Å². The molecule has 5 aliphatic rings. The van der Waals surface area contributed by atoms with Crippen molar-refractivity contribution in [2.24, 2.45) is 11.3 Å². The van der Waals surface area contributed by atoms with Crippen molar-refractivity contribution in [2.75, 3.05) is 38.6 Å². The maximum Gasteiger partial charge on any atom is 0.318 e. The van der Waals surface area contributed by atoms with E-state index in [-0.39, 0.29) is 25.9 Å². The van der Waals surface area contributed by atoms with Gasteiger partial charge in [0.1, 0.15) is 17.6 Å². The molecule has 2 aromatic heterocycles. The largest absolute Gasteiger partial charge is 0.372 e. The molecule has 0 spiro atoms. The monoisotopic (exact) mass is 818 g/mol. The van der Waals surface area contributed by atoms with Gasteiger partial charge in [-0.3, -0.25) is 23.9 Å². The molecule has 8 rings (SSSR count). The summed E-state index contributed by atoms with van der Waals surface area (Å²) in [6, 6.07) is 4.30. The molecule has 5 amide bonds. The molecule has 2 saturated carbocycles. The number of likely N-dealkylation sites (N-methyl/N-ethyl adjacent to an activating group) is 1. The number of urea groups is 1. The van der Waals surface area contributed by atoms with E-state index in [2.05, 4.69) is 27.0 Å². The van der Waals surface area contributed by atoms with E-state index in [0.29, 0.717) is 42.6 Å². The molecule has 3 aliphatic heterocycles. The summed E-state index contributed by atoms with van der Waals surface area (Å²) in [5.41, 5.74) is -1.07. The minimum Gasteiger partial charge on any atom is -0.372 e. The van der Waals surface area contributed by atoms with Crippen LogP contribution in [0.1, 0.15) is 58.9 Å². The van der Waals surface area contributed by atoms with Crippen LogP contribution in [0.25, 0.3) is 21.2 Å². The van der Waals surface area contributed by atoms with Gasteiger partial charge in [-0.1, -0.05) is 51.1 Å². The SMILES string of the molecule is C=CC1CC1(NC(=O)[C@@H]1C[C@@H]2CN1C(=O)[C@H](C(C)(C)C)NC(=O)N(C)C/C=C/CCN(C)c1cnn2c(=O)c1-c1ccc2ccsc2c1)C(=O)NS(=O)(=O)C1CC1. The van der Waals surface area contributed by atoms with Crippen molar-refractivity contribution in [1.29, 1.82) is 0 Å². The molecule has 1 aromatic carbocycles. The first-order valence-corrected chi connectivity index (χ1v) is 21.7. The molecule has 2 unspecified atom stereocenters. The van der Waals surface area contributed by atoms with Crippen molar-refractivity contribution in [3.63, 3.8) is 0 Å². The van der Waals surface area contributed by atoms with Gasteiger partial charge in [0.15, 0.2) is 0 Å². The minimum atomic E-state index is -3.93. The number of anilines is 1. The summed E-state index contributed by atoms with van der Waals surface area (Å²) in [6.45, 7) is 9.92. The molecule has 57 heavy (non-hydrogen) atoms. The normalized spacial score (nSPS) is 26.4. The van der Waals surface area contributed by atoms with Crippen LogP contribution in [0.4, 0.5) is 10.5 Å². The van der Waals surface area contributed by atoms with Gasteiger partial charge in [0.25, 0.3) is 11.5 Å². The number of aromatic nitrogens is 2. The van der Waals surface area contributed by atoms with Crippen molar-refractivity contribution in [2.45, 2.75) is 81.8 Å². The highest BCUT2D eigenvalue weighted by Crippen LogP contribution is 2.46. The van der Waals surface area contributed by atoms with E-state index in [9.17, 15) is 32.4 Å². The Hall–Kier alpha value is -5.03. The number of nitrogens with zero attached hydrogens (tertiary/aromatic N) is 5. The molecule has 3 N–H and O–H groups in total. The molecule has 4 bridgehead atoms. The number of benzene rings is 1. The number of nitrogens with one attached hydrogen (secondary N) is 3. The maximum absolute atomic E-state index is 14.8. The van der Waals surface area contributed by atoms with E-state index in [1.54, 1.807) is 45.4 Å². The van der Waals surface area contributed by atoms with Gasteiger partial charge in [-0.15, -0.1) is 17.9 Å². The van der Waals surface area contributed by atoms with Crippen LogP contribution in [0.2, 0.25) is 0 Å². The van der Waals surface area contributed by atoms with Crippen LogP contribution in [-0.4, -0.2) is 108 Å². The zero-order valence-electron chi connectivity index (χ0n) is 32.9. The van der Waals surface area contributed by atoms with E-state index < -0.39 is 79.6 Å². The van der Waals surface area contributed by atoms with Crippen LogP contribution < -0.4 is 25.8 Å². The molecular weight excluding hydrogens is 769 g/mol. The molecular formula is C40H50N8O7S2. The molecule has 5 heterocycles. The quantitative estimate of drug-likeness (QED) is 0.301. The highest BCUT2D eigenvalue weighted by atomic mass is 32.2. The number of rotatable bonds is 7. The van der Waals surface area contributed by atoms with Crippen LogP contribution in [0, 0.1) is 11.3 Å². The smallest absolute Gasteiger partial charge is 0.318 e. The van der Waals surface area contributed by atoms with E-state index >= 15 is 0 Å². The Kier molecular flexibility index (Phi) is 10.6. The molecule has 304 valence electrons. The first-order chi connectivity index (χ1) is 26.9. The van der Waals surface area contributed by atoms with E-state index in [4.69, 9.17) is 0 Å². The summed E-state index contributed by atoms with van der Waals surface area (Å²) in [5, 5.41) is 12.7. The number of thiophene rings is 1. The molecule has 2 aliphatic carbocycles. The Bertz CT molecular complexity index is 2330. The first kappa shape index (κ1) is 40.2. The lowest BCUT2D eigenvalue weighted by atomic mass is 9.85. The highest BCUT2D eigenvalue weighted by molar-refractivity contribution is 7.91. The number of carbonyl (C=O) groups is 4. The molecule has 0 radical (unpaired) electrons. The highest BCUT2D eigenvalue weighted by Gasteiger charge is 2.62. The fourth-order valence-electron chi connectivity index (χ4n) is 7.76. The van der Waals surface area contributed by atoms with Gasteiger partial charge < -0.3 is 25.3 Å². The Morgan fingerprint density at radius 3 is 2.53 bits per heavy atom. The summed E-state index contributed by atoms with van der Waals surface area (Å²) >= 11 is 1.57. The van der Waals surface area contributed by atoms with Crippen molar-refractivity contribution in [3.05, 3.63) is 71.0 Å². The number of hydrogen-bond acceptors (Lipinski definition) is 10. The lowest BCUT2D eigenvalue weighted by molar-refractivity contribution is -0.142. The van der Waals surface area contributed by atoms with Gasteiger partial charge in [-0.05, 0) is 59.6 Å². The topological polar surface area (TPSA) is 183 Å². The molecule has 3 aromatic rings. The molecule has 17 heteroatoms. The van der Waals surface area contributed by atoms with Crippen molar-refractivity contribution >= 4 is 60.9 Å². The van der Waals surface area contributed by atoms with Gasteiger partial charge in [-0.25, -0.2) is 17.9 Å². The average molecular weight is 819 g/mol. The predicted molar refractivity (Wildman–Crippen MR) is 219 cm³/mol. The van der Waals surface area contributed by atoms with E-state index in [0.717, 1.165) is 10.1 Å². The van der Waals surface area contributed by atoms with Crippen LogP contribution in [-0.2, 0) is 24.4 Å². The Labute approximate surface area is 336 Å². The number of carbonyl (C=O) groups excluding carboxylic acids is 4. The summed E-state index contributed by atoms with van der Waals surface area (Å²) < 4.78 is 30.1. The van der Waals surface area contributed by atoms with Crippen LogP contribution >= 0.6 is 11.3 Å².